The summed E-state index contributed by atoms with van der Waals surface area (Å²) in [5.74, 6) is -0.832. The van der Waals surface area contributed by atoms with Crippen molar-refractivity contribution in [3.8, 4) is 11.8 Å². The first-order chi connectivity index (χ1) is 12.1. The van der Waals surface area contributed by atoms with Gasteiger partial charge in [-0.3, -0.25) is 0 Å². The molecule has 0 saturated carbocycles. The molecule has 2 rings (SSSR count). The van der Waals surface area contributed by atoms with E-state index < -0.39 is 27.0 Å². The van der Waals surface area contributed by atoms with Gasteiger partial charge in [0.1, 0.15) is 4.90 Å². The highest BCUT2D eigenvalue weighted by atomic mass is 79.9. The lowest BCUT2D eigenvalue weighted by atomic mass is 10.2. The molecule has 0 aromatic heterocycles. The van der Waals surface area contributed by atoms with Crippen LogP contribution in [0.2, 0.25) is 0 Å². The summed E-state index contributed by atoms with van der Waals surface area (Å²) in [6.45, 7) is 0.309. The Morgan fingerprint density at radius 1 is 1.42 bits per heavy atom. The highest BCUT2D eigenvalue weighted by Crippen LogP contribution is 2.34. The Kier molecular flexibility index (Phi) is 6.90. The lowest BCUT2D eigenvalue weighted by Crippen LogP contribution is -2.38. The van der Waals surface area contributed by atoms with Gasteiger partial charge in [-0.25, -0.2) is 8.42 Å². The third-order valence-corrected chi connectivity index (χ3v) is 6.05. The second kappa shape index (κ2) is 8.56. The minimum absolute atomic E-state index is 0.0362. The van der Waals surface area contributed by atoms with Crippen LogP contribution in [-0.4, -0.2) is 44.9 Å². The fourth-order valence-electron chi connectivity index (χ4n) is 2.54. The molecule has 6 nitrogen and oxygen atoms in total. The molecule has 1 saturated heterocycles. The quantitative estimate of drug-likeness (QED) is 0.627. The molecule has 1 aliphatic rings. The summed E-state index contributed by atoms with van der Waals surface area (Å²) >= 11 is 3.00. The first kappa shape index (κ1) is 21.0. The summed E-state index contributed by atoms with van der Waals surface area (Å²) < 4.78 is 74.4. The smallest absolute Gasteiger partial charge is 0.404 e. The van der Waals surface area contributed by atoms with Gasteiger partial charge in [0, 0.05) is 30.6 Å². The van der Waals surface area contributed by atoms with E-state index in [1.54, 1.807) is 0 Å². The van der Waals surface area contributed by atoms with Crippen LogP contribution in [0.5, 0.6) is 5.75 Å². The van der Waals surface area contributed by atoms with Gasteiger partial charge in [0.2, 0.25) is 10.0 Å². The maximum absolute atomic E-state index is 12.9. The van der Waals surface area contributed by atoms with E-state index in [1.165, 1.54) is 6.07 Å². The largest absolute Gasteiger partial charge is 0.573 e. The van der Waals surface area contributed by atoms with Crippen molar-refractivity contribution in [3.63, 3.8) is 0 Å². The van der Waals surface area contributed by atoms with E-state index in [0.29, 0.717) is 13.0 Å². The molecule has 0 aliphatic carbocycles. The average molecular weight is 457 g/mol. The lowest BCUT2D eigenvalue weighted by Gasteiger charge is -2.25. The fraction of sp³-hybridized carbons (Fsp3) is 0.533. The Hall–Kier alpha value is -1.35. The third-order valence-electron chi connectivity index (χ3n) is 3.65. The number of nitriles is 1. The fourth-order valence-corrected chi connectivity index (χ4v) is 4.45. The average Bonchev–Trinajstić information content (AvgIpc) is 3.02. The number of ether oxygens (including phenoxy) is 2. The summed E-state index contributed by atoms with van der Waals surface area (Å²) in [7, 11) is -4.32. The number of hydrogen-bond acceptors (Lipinski definition) is 5. The summed E-state index contributed by atoms with van der Waals surface area (Å²) in [5.41, 5.74) is 0. The number of benzene rings is 1. The Morgan fingerprint density at radius 2 is 2.15 bits per heavy atom. The van der Waals surface area contributed by atoms with Gasteiger partial charge in [-0.15, -0.1) is 13.2 Å². The van der Waals surface area contributed by atoms with Gasteiger partial charge in [0.25, 0.3) is 0 Å². The van der Waals surface area contributed by atoms with Crippen LogP contribution < -0.4 is 4.74 Å². The van der Waals surface area contributed by atoms with Crippen LogP contribution >= 0.6 is 15.9 Å². The summed E-state index contributed by atoms with van der Waals surface area (Å²) in [5, 5.41) is 8.77. The predicted molar refractivity (Wildman–Crippen MR) is 88.8 cm³/mol. The standard InChI is InChI=1S/C15H16BrF3N2O4S/c16-11-4-5-14(13(9-11)25-15(17,18)19)26(22,23)21(7-2-6-20)10-12-3-1-8-24-12/h4-5,9,12H,1-3,7-8,10H2. The SMILES string of the molecule is N#CCCN(CC1CCCO1)S(=O)(=O)c1ccc(Br)cc1OC(F)(F)F. The Labute approximate surface area is 157 Å². The first-order valence-electron chi connectivity index (χ1n) is 7.67. The molecule has 0 radical (unpaired) electrons. The normalized spacial score (nSPS) is 18.1. The minimum Gasteiger partial charge on any atom is -0.404 e. The molecule has 1 heterocycles. The van der Waals surface area contributed by atoms with Crippen LogP contribution in [0.3, 0.4) is 0 Å². The number of halogens is 4. The predicted octanol–water partition coefficient (Wildman–Crippen LogP) is 3.43. The maximum Gasteiger partial charge on any atom is 0.573 e. The Balaban J connectivity index is 2.39. The van der Waals surface area contributed by atoms with Crippen molar-refractivity contribution < 1.29 is 31.1 Å². The van der Waals surface area contributed by atoms with E-state index in [0.717, 1.165) is 22.9 Å². The number of nitrogens with zero attached hydrogens (tertiary/aromatic N) is 2. The topological polar surface area (TPSA) is 79.6 Å². The summed E-state index contributed by atoms with van der Waals surface area (Å²) in [6.07, 6.45) is -4.08. The molecule has 0 N–H and O–H groups in total. The number of alkyl halides is 3. The van der Waals surface area contributed by atoms with Crippen molar-refractivity contribution >= 4 is 26.0 Å². The lowest BCUT2D eigenvalue weighted by molar-refractivity contribution is -0.275. The van der Waals surface area contributed by atoms with Crippen molar-refractivity contribution in [1.82, 2.24) is 4.31 Å². The third kappa shape index (κ3) is 5.57. The zero-order valence-corrected chi connectivity index (χ0v) is 15.9. The van der Waals surface area contributed by atoms with Crippen LogP contribution in [0.1, 0.15) is 19.3 Å². The molecule has 26 heavy (non-hydrogen) atoms. The number of sulfonamides is 1. The molecular weight excluding hydrogens is 441 g/mol. The molecule has 11 heteroatoms. The van der Waals surface area contributed by atoms with Crippen molar-refractivity contribution in [2.24, 2.45) is 0 Å². The molecule has 0 amide bonds. The van der Waals surface area contributed by atoms with E-state index in [-0.39, 0.29) is 30.1 Å². The van der Waals surface area contributed by atoms with E-state index in [4.69, 9.17) is 10.00 Å². The molecule has 1 unspecified atom stereocenters. The molecule has 1 aromatic rings. The second-order valence-electron chi connectivity index (χ2n) is 5.55. The summed E-state index contributed by atoms with van der Waals surface area (Å²) in [6, 6.07) is 5.13. The maximum atomic E-state index is 12.9. The molecule has 1 fully saturated rings. The van der Waals surface area contributed by atoms with E-state index in [9.17, 15) is 21.6 Å². The van der Waals surface area contributed by atoms with Crippen molar-refractivity contribution in [2.75, 3.05) is 19.7 Å². The first-order valence-corrected chi connectivity index (χ1v) is 9.91. The van der Waals surface area contributed by atoms with Gasteiger partial charge in [0.15, 0.2) is 5.75 Å². The zero-order valence-electron chi connectivity index (χ0n) is 13.5. The molecule has 1 aliphatic heterocycles. The van der Waals surface area contributed by atoms with E-state index in [1.807, 2.05) is 6.07 Å². The van der Waals surface area contributed by atoms with Gasteiger partial charge in [-0.2, -0.15) is 9.57 Å². The monoisotopic (exact) mass is 456 g/mol. The van der Waals surface area contributed by atoms with Crippen LogP contribution in [0.15, 0.2) is 27.6 Å². The minimum atomic E-state index is -5.04. The Bertz CT molecular complexity index is 774. The van der Waals surface area contributed by atoms with Gasteiger partial charge < -0.3 is 9.47 Å². The van der Waals surface area contributed by atoms with Gasteiger partial charge >= 0.3 is 6.36 Å². The molecule has 0 spiro atoms. The highest BCUT2D eigenvalue weighted by Gasteiger charge is 2.36. The van der Waals surface area contributed by atoms with Crippen LogP contribution in [0.4, 0.5) is 13.2 Å². The van der Waals surface area contributed by atoms with E-state index >= 15 is 0 Å². The van der Waals surface area contributed by atoms with E-state index in [2.05, 4.69) is 20.7 Å². The zero-order chi connectivity index (χ0) is 19.4. The van der Waals surface area contributed by atoms with Gasteiger partial charge in [0.05, 0.1) is 12.2 Å². The Morgan fingerprint density at radius 3 is 2.73 bits per heavy atom. The van der Waals surface area contributed by atoms with Crippen molar-refractivity contribution in [3.05, 3.63) is 22.7 Å². The van der Waals surface area contributed by atoms with Crippen LogP contribution in [-0.2, 0) is 14.8 Å². The highest BCUT2D eigenvalue weighted by molar-refractivity contribution is 9.10. The molecule has 144 valence electrons. The number of rotatable bonds is 7. The summed E-state index contributed by atoms with van der Waals surface area (Å²) in [4.78, 5) is -0.617. The second-order valence-corrected chi connectivity index (χ2v) is 8.37. The van der Waals surface area contributed by atoms with Crippen molar-refractivity contribution in [1.29, 1.82) is 5.26 Å². The van der Waals surface area contributed by atoms with Gasteiger partial charge in [-0.1, -0.05) is 15.9 Å². The van der Waals surface area contributed by atoms with Crippen LogP contribution in [0.25, 0.3) is 0 Å². The number of hydrogen-bond donors (Lipinski definition) is 0. The molecule has 1 atom stereocenters. The molecular formula is C15H16BrF3N2O4S. The van der Waals surface area contributed by atoms with Crippen molar-refractivity contribution in [2.45, 2.75) is 36.6 Å². The van der Waals surface area contributed by atoms with Crippen LogP contribution in [0, 0.1) is 11.3 Å². The molecule has 0 bridgehead atoms. The van der Waals surface area contributed by atoms with Gasteiger partial charge in [-0.05, 0) is 31.0 Å². The molecule has 1 aromatic carbocycles.